The van der Waals surface area contributed by atoms with E-state index < -0.39 is 0 Å². The number of carbonyl (C=O) groups excluding carboxylic acids is 1. The Balaban J connectivity index is 1.64. The topological polar surface area (TPSA) is 45.3 Å². The Hall–Kier alpha value is -2.75. The maximum Gasteiger partial charge on any atom is 0.313 e. The van der Waals surface area contributed by atoms with Crippen molar-refractivity contribution in [3.63, 3.8) is 0 Å². The van der Waals surface area contributed by atoms with Gasteiger partial charge in [-0.05, 0) is 48.6 Å². The van der Waals surface area contributed by atoms with Gasteiger partial charge in [-0.3, -0.25) is 4.79 Å². The minimum absolute atomic E-state index is 0.119. The van der Waals surface area contributed by atoms with E-state index in [4.69, 9.17) is 4.74 Å². The van der Waals surface area contributed by atoms with Crippen molar-refractivity contribution < 1.29 is 9.53 Å². The van der Waals surface area contributed by atoms with Gasteiger partial charge >= 0.3 is 5.97 Å². The second-order valence-electron chi connectivity index (χ2n) is 7.18. The van der Waals surface area contributed by atoms with Crippen molar-refractivity contribution in [1.82, 2.24) is 4.98 Å². The summed E-state index contributed by atoms with van der Waals surface area (Å²) in [4.78, 5) is 18.5. The minimum Gasteiger partial charge on any atom is -0.460 e. The Kier molecular flexibility index (Phi) is 4.41. The number of esters is 1. The van der Waals surface area contributed by atoms with E-state index in [1.54, 1.807) is 0 Å². The van der Waals surface area contributed by atoms with Gasteiger partial charge in [-0.1, -0.05) is 30.3 Å². The zero-order chi connectivity index (χ0) is 18.1. The first-order chi connectivity index (χ1) is 12.6. The molecule has 1 N–H and O–H groups in total. The fraction of sp³-hybridized carbons (Fsp3) is 0.318. The van der Waals surface area contributed by atoms with Crippen LogP contribution >= 0.6 is 0 Å². The SMILES string of the molecule is CN(C)c1ccc2[nH]c3c(c2c1)C(C(=O)OCc1ccccc1)CCC3. The lowest BCUT2D eigenvalue weighted by Crippen LogP contribution is -2.20. The molecule has 0 aliphatic heterocycles. The molecule has 1 aliphatic rings. The summed E-state index contributed by atoms with van der Waals surface area (Å²) in [5, 5.41) is 1.15. The molecule has 0 saturated heterocycles. The number of aromatic nitrogens is 1. The predicted octanol–water partition coefficient (Wildman–Crippen LogP) is 4.40. The van der Waals surface area contributed by atoms with Gasteiger partial charge in [0.25, 0.3) is 0 Å². The third-order valence-corrected chi connectivity index (χ3v) is 5.20. The number of hydrogen-bond donors (Lipinski definition) is 1. The predicted molar refractivity (Wildman–Crippen MR) is 105 cm³/mol. The lowest BCUT2D eigenvalue weighted by Gasteiger charge is -2.22. The van der Waals surface area contributed by atoms with E-state index in [1.807, 2.05) is 44.4 Å². The number of nitrogens with zero attached hydrogens (tertiary/aromatic N) is 1. The second kappa shape index (κ2) is 6.87. The number of rotatable bonds is 4. The highest BCUT2D eigenvalue weighted by molar-refractivity contribution is 5.93. The van der Waals surface area contributed by atoms with Gasteiger partial charge in [0.2, 0.25) is 0 Å². The van der Waals surface area contributed by atoms with Crippen LogP contribution in [0.4, 0.5) is 5.69 Å². The molecule has 26 heavy (non-hydrogen) atoms. The molecule has 0 radical (unpaired) electrons. The van der Waals surface area contributed by atoms with Crippen LogP contribution < -0.4 is 4.90 Å². The smallest absolute Gasteiger partial charge is 0.313 e. The molecule has 2 aromatic carbocycles. The summed E-state index contributed by atoms with van der Waals surface area (Å²) in [6, 6.07) is 16.2. The molecule has 4 rings (SSSR count). The minimum atomic E-state index is -0.186. The summed E-state index contributed by atoms with van der Waals surface area (Å²) in [6.07, 6.45) is 2.84. The number of benzene rings is 2. The van der Waals surface area contributed by atoms with Gasteiger partial charge in [0, 0.05) is 36.4 Å². The molecular weight excluding hydrogens is 324 g/mol. The zero-order valence-electron chi connectivity index (χ0n) is 15.3. The number of ether oxygens (including phenoxy) is 1. The lowest BCUT2D eigenvalue weighted by molar-refractivity contribution is -0.147. The fourth-order valence-electron chi connectivity index (χ4n) is 3.82. The van der Waals surface area contributed by atoms with Gasteiger partial charge in [0.1, 0.15) is 6.61 Å². The number of fused-ring (bicyclic) bond motifs is 3. The highest BCUT2D eigenvalue weighted by atomic mass is 16.5. The molecule has 1 aliphatic carbocycles. The van der Waals surface area contributed by atoms with E-state index in [0.717, 1.165) is 47.0 Å². The number of carbonyl (C=O) groups is 1. The number of aryl methyl sites for hydroxylation is 1. The van der Waals surface area contributed by atoms with Crippen LogP contribution in [0.25, 0.3) is 10.9 Å². The quantitative estimate of drug-likeness (QED) is 0.711. The van der Waals surface area contributed by atoms with Crippen LogP contribution in [-0.4, -0.2) is 25.0 Å². The highest BCUT2D eigenvalue weighted by Gasteiger charge is 2.31. The molecule has 0 spiro atoms. The monoisotopic (exact) mass is 348 g/mol. The molecule has 134 valence electrons. The van der Waals surface area contributed by atoms with Crippen LogP contribution in [0.3, 0.4) is 0 Å². The Bertz CT molecular complexity index is 928. The normalized spacial score (nSPS) is 16.3. The van der Waals surface area contributed by atoms with Crippen molar-refractivity contribution in [2.75, 3.05) is 19.0 Å². The lowest BCUT2D eigenvalue weighted by atomic mass is 9.85. The summed E-state index contributed by atoms with van der Waals surface area (Å²) in [6.45, 7) is 0.330. The Labute approximate surface area is 153 Å². The van der Waals surface area contributed by atoms with Crippen LogP contribution in [0.1, 0.15) is 35.6 Å². The molecule has 0 fully saturated rings. The molecule has 4 heteroatoms. The van der Waals surface area contributed by atoms with E-state index in [0.29, 0.717) is 6.61 Å². The maximum absolute atomic E-state index is 12.8. The van der Waals surface area contributed by atoms with Gasteiger partial charge < -0.3 is 14.6 Å². The molecule has 1 heterocycles. The standard InChI is InChI=1S/C22H24N2O2/c1-24(2)16-11-12-19-18(13-16)21-17(9-6-10-20(21)23-19)22(25)26-14-15-7-4-3-5-8-15/h3-5,7-8,11-13,17,23H,6,9-10,14H2,1-2H3. The first-order valence-electron chi connectivity index (χ1n) is 9.16. The highest BCUT2D eigenvalue weighted by Crippen LogP contribution is 2.39. The van der Waals surface area contributed by atoms with E-state index in [2.05, 4.69) is 28.1 Å². The van der Waals surface area contributed by atoms with Gasteiger partial charge in [0.15, 0.2) is 0 Å². The van der Waals surface area contributed by atoms with Crippen molar-refractivity contribution in [3.8, 4) is 0 Å². The maximum atomic E-state index is 12.8. The van der Waals surface area contributed by atoms with Crippen LogP contribution in [0.15, 0.2) is 48.5 Å². The molecule has 0 bridgehead atoms. The number of anilines is 1. The largest absolute Gasteiger partial charge is 0.460 e. The summed E-state index contributed by atoms with van der Waals surface area (Å²) >= 11 is 0. The second-order valence-corrected chi connectivity index (χ2v) is 7.18. The molecule has 0 amide bonds. The number of H-pyrrole nitrogens is 1. The molecule has 4 nitrogen and oxygen atoms in total. The molecule has 1 aromatic heterocycles. The fourth-order valence-corrected chi connectivity index (χ4v) is 3.82. The van der Waals surface area contributed by atoms with Crippen LogP contribution in [0.2, 0.25) is 0 Å². The summed E-state index contributed by atoms with van der Waals surface area (Å²) in [5.74, 6) is -0.306. The molecule has 1 unspecified atom stereocenters. The first kappa shape index (κ1) is 16.7. The Morgan fingerprint density at radius 2 is 2.00 bits per heavy atom. The van der Waals surface area contributed by atoms with E-state index in [-0.39, 0.29) is 11.9 Å². The Morgan fingerprint density at radius 3 is 2.77 bits per heavy atom. The number of aromatic amines is 1. The molecular formula is C22H24N2O2. The first-order valence-corrected chi connectivity index (χ1v) is 9.16. The van der Waals surface area contributed by atoms with Gasteiger partial charge in [-0.25, -0.2) is 0 Å². The van der Waals surface area contributed by atoms with E-state index in [9.17, 15) is 4.79 Å². The molecule has 0 saturated carbocycles. The van der Waals surface area contributed by atoms with Gasteiger partial charge in [-0.2, -0.15) is 0 Å². The van der Waals surface area contributed by atoms with Crippen molar-refractivity contribution in [2.24, 2.45) is 0 Å². The van der Waals surface area contributed by atoms with Crippen LogP contribution in [-0.2, 0) is 22.6 Å². The van der Waals surface area contributed by atoms with Crippen molar-refractivity contribution in [1.29, 1.82) is 0 Å². The molecule has 3 aromatic rings. The van der Waals surface area contributed by atoms with E-state index >= 15 is 0 Å². The van der Waals surface area contributed by atoms with Gasteiger partial charge in [0.05, 0.1) is 5.92 Å². The van der Waals surface area contributed by atoms with E-state index in [1.165, 1.54) is 5.69 Å². The average Bonchev–Trinajstić information content (AvgIpc) is 3.04. The van der Waals surface area contributed by atoms with Crippen LogP contribution in [0, 0.1) is 0 Å². The third kappa shape index (κ3) is 3.07. The van der Waals surface area contributed by atoms with Crippen molar-refractivity contribution >= 4 is 22.6 Å². The summed E-state index contributed by atoms with van der Waals surface area (Å²) in [7, 11) is 4.07. The summed E-state index contributed by atoms with van der Waals surface area (Å²) < 4.78 is 5.66. The van der Waals surface area contributed by atoms with Gasteiger partial charge in [-0.15, -0.1) is 0 Å². The van der Waals surface area contributed by atoms with Crippen molar-refractivity contribution in [3.05, 3.63) is 65.4 Å². The number of hydrogen-bond acceptors (Lipinski definition) is 3. The van der Waals surface area contributed by atoms with Crippen molar-refractivity contribution in [2.45, 2.75) is 31.8 Å². The Morgan fingerprint density at radius 1 is 1.19 bits per heavy atom. The zero-order valence-corrected chi connectivity index (χ0v) is 15.3. The number of nitrogens with one attached hydrogen (secondary N) is 1. The summed E-state index contributed by atoms with van der Waals surface area (Å²) in [5.41, 5.74) is 5.58. The third-order valence-electron chi connectivity index (χ3n) is 5.20. The van der Waals surface area contributed by atoms with Crippen LogP contribution in [0.5, 0.6) is 0 Å². The average molecular weight is 348 g/mol. The molecule has 1 atom stereocenters.